The molecule has 2 heterocycles. The molecule has 1 aliphatic rings. The highest BCUT2D eigenvalue weighted by Crippen LogP contribution is 2.19. The predicted octanol–water partition coefficient (Wildman–Crippen LogP) is 2.27. The summed E-state index contributed by atoms with van der Waals surface area (Å²) in [7, 11) is 0. The Labute approximate surface area is 108 Å². The van der Waals surface area contributed by atoms with E-state index in [1.54, 1.807) is 0 Å². The van der Waals surface area contributed by atoms with E-state index in [1.807, 2.05) is 12.1 Å². The largest absolute Gasteiger partial charge is 0.461 e. The number of para-hydroxylation sites is 1. The summed E-state index contributed by atoms with van der Waals surface area (Å²) in [6, 6.07) is 10.4. The van der Waals surface area contributed by atoms with Crippen molar-refractivity contribution in [2.75, 3.05) is 32.7 Å². The Bertz CT molecular complexity index is 467. The van der Waals surface area contributed by atoms with Gasteiger partial charge in [-0.25, -0.2) is 0 Å². The molecule has 1 N–H and O–H groups in total. The lowest BCUT2D eigenvalue weighted by molar-refractivity contribution is 0.237. The summed E-state index contributed by atoms with van der Waals surface area (Å²) in [4.78, 5) is 2.53. The molecule has 0 saturated carbocycles. The van der Waals surface area contributed by atoms with Gasteiger partial charge in [0.2, 0.25) is 0 Å². The van der Waals surface area contributed by atoms with Crippen LogP contribution in [-0.4, -0.2) is 37.6 Å². The molecule has 18 heavy (non-hydrogen) atoms. The van der Waals surface area contributed by atoms with Crippen molar-refractivity contribution in [3.8, 4) is 0 Å². The molecule has 0 radical (unpaired) electrons. The van der Waals surface area contributed by atoms with Gasteiger partial charge in [0.05, 0.1) is 0 Å². The van der Waals surface area contributed by atoms with Crippen molar-refractivity contribution in [1.29, 1.82) is 0 Å². The molecule has 1 fully saturated rings. The highest BCUT2D eigenvalue weighted by molar-refractivity contribution is 5.77. The summed E-state index contributed by atoms with van der Waals surface area (Å²) >= 11 is 0. The molecule has 0 unspecified atom stereocenters. The Balaban J connectivity index is 1.53. The summed E-state index contributed by atoms with van der Waals surface area (Å²) in [5.41, 5.74) is 1.01. The Morgan fingerprint density at radius 2 is 2.00 bits per heavy atom. The summed E-state index contributed by atoms with van der Waals surface area (Å²) in [5, 5.41) is 4.60. The van der Waals surface area contributed by atoms with Gasteiger partial charge < -0.3 is 14.6 Å². The van der Waals surface area contributed by atoms with Crippen molar-refractivity contribution in [2.24, 2.45) is 0 Å². The third kappa shape index (κ3) is 2.74. The van der Waals surface area contributed by atoms with Crippen LogP contribution in [0.5, 0.6) is 0 Å². The number of nitrogens with one attached hydrogen (secondary N) is 1. The number of nitrogens with zero attached hydrogens (tertiary/aromatic N) is 1. The first-order valence-electron chi connectivity index (χ1n) is 6.82. The lowest BCUT2D eigenvalue weighted by Crippen LogP contribution is -2.43. The quantitative estimate of drug-likeness (QED) is 0.894. The first kappa shape index (κ1) is 11.8. The van der Waals surface area contributed by atoms with Crippen LogP contribution in [0.15, 0.2) is 34.7 Å². The first-order valence-corrected chi connectivity index (χ1v) is 6.82. The molecule has 0 amide bonds. The number of benzene rings is 1. The molecule has 0 bridgehead atoms. The van der Waals surface area contributed by atoms with Crippen molar-refractivity contribution in [3.05, 3.63) is 36.1 Å². The van der Waals surface area contributed by atoms with E-state index < -0.39 is 0 Å². The predicted molar refractivity (Wildman–Crippen MR) is 73.8 cm³/mol. The highest BCUT2D eigenvalue weighted by atomic mass is 16.3. The number of rotatable bonds is 4. The molecule has 3 rings (SSSR count). The Morgan fingerprint density at radius 3 is 2.83 bits per heavy atom. The van der Waals surface area contributed by atoms with Gasteiger partial charge in [-0.1, -0.05) is 18.2 Å². The van der Waals surface area contributed by atoms with E-state index in [-0.39, 0.29) is 0 Å². The van der Waals surface area contributed by atoms with Crippen LogP contribution in [-0.2, 0) is 6.42 Å². The number of aryl methyl sites for hydroxylation is 1. The molecule has 1 aromatic carbocycles. The maximum Gasteiger partial charge on any atom is 0.134 e. The second-order valence-electron chi connectivity index (χ2n) is 4.95. The standard InChI is InChI=1S/C15H20N2O/c1-2-6-15-13(4-1)12-14(18-15)5-3-9-17-10-7-16-8-11-17/h1-2,4,6,12,16H,3,5,7-11H2. The fourth-order valence-corrected chi connectivity index (χ4v) is 2.57. The van der Waals surface area contributed by atoms with Crippen molar-refractivity contribution >= 4 is 11.0 Å². The second kappa shape index (κ2) is 5.55. The van der Waals surface area contributed by atoms with Gasteiger partial charge in [-0.2, -0.15) is 0 Å². The number of fused-ring (bicyclic) bond motifs is 1. The zero-order chi connectivity index (χ0) is 12.2. The Morgan fingerprint density at radius 1 is 1.17 bits per heavy atom. The van der Waals surface area contributed by atoms with E-state index in [0.717, 1.165) is 30.9 Å². The van der Waals surface area contributed by atoms with Crippen LogP contribution in [0, 0.1) is 0 Å². The maximum atomic E-state index is 5.83. The van der Waals surface area contributed by atoms with Crippen LogP contribution < -0.4 is 5.32 Å². The number of furan rings is 1. The lowest BCUT2D eigenvalue weighted by atomic mass is 10.2. The molecule has 0 aliphatic carbocycles. The van der Waals surface area contributed by atoms with Crippen LogP contribution in [0.3, 0.4) is 0 Å². The molecule has 1 saturated heterocycles. The summed E-state index contributed by atoms with van der Waals surface area (Å²) in [6.07, 6.45) is 2.22. The number of hydrogen-bond donors (Lipinski definition) is 1. The van der Waals surface area contributed by atoms with E-state index >= 15 is 0 Å². The first-order chi connectivity index (χ1) is 8.92. The van der Waals surface area contributed by atoms with E-state index in [0.29, 0.717) is 0 Å². The van der Waals surface area contributed by atoms with Gasteiger partial charge >= 0.3 is 0 Å². The van der Waals surface area contributed by atoms with Crippen LogP contribution in [0.1, 0.15) is 12.2 Å². The second-order valence-corrected chi connectivity index (χ2v) is 4.95. The minimum atomic E-state index is 1.01. The van der Waals surface area contributed by atoms with Crippen molar-refractivity contribution in [2.45, 2.75) is 12.8 Å². The van der Waals surface area contributed by atoms with Gasteiger partial charge in [0, 0.05) is 38.0 Å². The molecule has 1 aliphatic heterocycles. The summed E-state index contributed by atoms with van der Waals surface area (Å²) < 4.78 is 5.83. The minimum Gasteiger partial charge on any atom is -0.461 e. The Hall–Kier alpha value is -1.32. The fourth-order valence-electron chi connectivity index (χ4n) is 2.57. The van der Waals surface area contributed by atoms with Crippen LogP contribution in [0.25, 0.3) is 11.0 Å². The minimum absolute atomic E-state index is 1.01. The normalized spacial score (nSPS) is 17.3. The van der Waals surface area contributed by atoms with E-state index in [2.05, 4.69) is 28.4 Å². The van der Waals surface area contributed by atoms with Crippen LogP contribution >= 0.6 is 0 Å². The van der Waals surface area contributed by atoms with Gasteiger partial charge in [0.15, 0.2) is 0 Å². The van der Waals surface area contributed by atoms with Crippen LogP contribution in [0.2, 0.25) is 0 Å². The van der Waals surface area contributed by atoms with Crippen molar-refractivity contribution < 1.29 is 4.42 Å². The van der Waals surface area contributed by atoms with Gasteiger partial charge in [-0.05, 0) is 25.1 Å². The zero-order valence-corrected chi connectivity index (χ0v) is 10.7. The fraction of sp³-hybridized carbons (Fsp3) is 0.467. The van der Waals surface area contributed by atoms with Crippen LogP contribution in [0.4, 0.5) is 0 Å². The molecule has 3 heteroatoms. The molecule has 3 nitrogen and oxygen atoms in total. The van der Waals surface area contributed by atoms with E-state index in [4.69, 9.17) is 4.42 Å². The zero-order valence-electron chi connectivity index (χ0n) is 10.7. The summed E-state index contributed by atoms with van der Waals surface area (Å²) in [6.45, 7) is 5.80. The molecule has 96 valence electrons. The van der Waals surface area contributed by atoms with Crippen molar-refractivity contribution in [3.63, 3.8) is 0 Å². The van der Waals surface area contributed by atoms with Gasteiger partial charge in [0.1, 0.15) is 11.3 Å². The molecular formula is C15H20N2O. The van der Waals surface area contributed by atoms with Gasteiger partial charge in [-0.15, -0.1) is 0 Å². The molecule has 1 aromatic heterocycles. The smallest absolute Gasteiger partial charge is 0.134 e. The highest BCUT2D eigenvalue weighted by Gasteiger charge is 2.09. The average Bonchev–Trinajstić information content (AvgIpc) is 2.82. The Kier molecular flexibility index (Phi) is 3.62. The number of piperazine rings is 1. The SMILES string of the molecule is c1ccc2oc(CCCN3CCNCC3)cc2c1. The van der Waals surface area contributed by atoms with Gasteiger partial charge in [0.25, 0.3) is 0 Å². The number of hydrogen-bond acceptors (Lipinski definition) is 3. The monoisotopic (exact) mass is 244 g/mol. The topological polar surface area (TPSA) is 28.4 Å². The van der Waals surface area contributed by atoms with E-state index in [1.165, 1.54) is 31.4 Å². The van der Waals surface area contributed by atoms with E-state index in [9.17, 15) is 0 Å². The van der Waals surface area contributed by atoms with Gasteiger partial charge in [-0.3, -0.25) is 0 Å². The molecule has 0 atom stereocenters. The third-order valence-corrected chi connectivity index (χ3v) is 3.58. The van der Waals surface area contributed by atoms with Crippen molar-refractivity contribution in [1.82, 2.24) is 10.2 Å². The summed E-state index contributed by atoms with van der Waals surface area (Å²) in [5.74, 6) is 1.12. The molecule has 2 aromatic rings. The average molecular weight is 244 g/mol. The molecule has 0 spiro atoms. The lowest BCUT2D eigenvalue weighted by Gasteiger charge is -2.26. The third-order valence-electron chi connectivity index (χ3n) is 3.58. The maximum absolute atomic E-state index is 5.83. The molecular weight excluding hydrogens is 224 g/mol.